The Balaban J connectivity index is 1.76. The molecule has 198 valence electrons. The highest BCUT2D eigenvalue weighted by Crippen LogP contribution is 2.40. The van der Waals surface area contributed by atoms with Crippen LogP contribution in [-0.4, -0.2) is 46.8 Å². The fourth-order valence-electron chi connectivity index (χ4n) is 3.77. The number of nitrogens with one attached hydrogen (secondary N) is 1. The number of aromatic nitrogens is 2. The Kier molecular flexibility index (Phi) is 7.61. The van der Waals surface area contributed by atoms with Gasteiger partial charge in [0.1, 0.15) is 16.9 Å². The summed E-state index contributed by atoms with van der Waals surface area (Å²) < 4.78 is 89.2. The first-order chi connectivity index (χ1) is 16.6. The van der Waals surface area contributed by atoms with Crippen molar-refractivity contribution in [1.29, 1.82) is 0 Å². The number of piperidine rings is 1. The van der Waals surface area contributed by atoms with Gasteiger partial charge in [-0.15, -0.1) is 0 Å². The van der Waals surface area contributed by atoms with Crippen LogP contribution in [0.5, 0.6) is 5.75 Å². The molecule has 1 aromatic carbocycles. The lowest BCUT2D eigenvalue weighted by Crippen LogP contribution is -2.41. The van der Waals surface area contributed by atoms with E-state index in [1.807, 2.05) is 0 Å². The third-order valence-corrected chi connectivity index (χ3v) is 5.45. The topological polar surface area (TPSA) is 76.6 Å². The molecule has 36 heavy (non-hydrogen) atoms. The van der Waals surface area contributed by atoms with E-state index in [-0.39, 0.29) is 29.6 Å². The van der Waals surface area contributed by atoms with Crippen molar-refractivity contribution in [3.8, 4) is 5.75 Å². The van der Waals surface area contributed by atoms with Crippen LogP contribution in [0, 0.1) is 0 Å². The highest BCUT2D eigenvalue weighted by Gasteiger charge is 2.45. The number of hydrogen-bond acceptors (Lipinski definition) is 6. The number of alkyl halides is 6. The van der Waals surface area contributed by atoms with Gasteiger partial charge in [0.15, 0.2) is 5.69 Å². The Morgan fingerprint density at radius 3 is 2.22 bits per heavy atom. The van der Waals surface area contributed by atoms with Crippen molar-refractivity contribution in [3.63, 3.8) is 0 Å². The Bertz CT molecular complexity index is 1090. The van der Waals surface area contributed by atoms with Gasteiger partial charge in [0.05, 0.1) is 12.8 Å². The van der Waals surface area contributed by atoms with E-state index < -0.39 is 35.2 Å². The first kappa shape index (κ1) is 27.3. The van der Waals surface area contributed by atoms with Gasteiger partial charge in [0, 0.05) is 19.3 Å². The molecule has 2 aromatic rings. The average Bonchev–Trinajstić information content (AvgIpc) is 2.77. The number of hydrogen-bond donors (Lipinski definition) is 1. The van der Waals surface area contributed by atoms with E-state index in [1.165, 1.54) is 13.2 Å². The van der Waals surface area contributed by atoms with Crippen LogP contribution in [0.25, 0.3) is 0 Å². The first-order valence-corrected chi connectivity index (χ1v) is 11.0. The summed E-state index contributed by atoms with van der Waals surface area (Å²) in [6, 6.07) is 4.95. The second-order valence-electron chi connectivity index (χ2n) is 9.28. The maximum atomic E-state index is 13.2. The summed E-state index contributed by atoms with van der Waals surface area (Å²) in [7, 11) is 1.35. The lowest BCUT2D eigenvalue weighted by Gasteiger charge is -2.33. The summed E-state index contributed by atoms with van der Waals surface area (Å²) in [6.07, 6.45) is -9.56. The highest BCUT2D eigenvalue weighted by molar-refractivity contribution is 5.68. The van der Waals surface area contributed by atoms with E-state index in [4.69, 9.17) is 9.47 Å². The van der Waals surface area contributed by atoms with Gasteiger partial charge in [-0.25, -0.2) is 14.8 Å². The third-order valence-electron chi connectivity index (χ3n) is 5.45. The molecule has 2 heterocycles. The summed E-state index contributed by atoms with van der Waals surface area (Å²) >= 11 is 0. The number of amides is 1. The van der Waals surface area contributed by atoms with Crippen LogP contribution in [-0.2, 0) is 17.1 Å². The molecule has 3 rings (SSSR count). The van der Waals surface area contributed by atoms with Crippen LogP contribution in [0.2, 0.25) is 0 Å². The fraction of sp³-hybridized carbons (Fsp3) is 0.522. The predicted molar refractivity (Wildman–Crippen MR) is 118 cm³/mol. The van der Waals surface area contributed by atoms with Crippen molar-refractivity contribution in [2.75, 3.05) is 25.5 Å². The minimum absolute atomic E-state index is 0.0887. The highest BCUT2D eigenvalue weighted by atomic mass is 19.4. The summed E-state index contributed by atoms with van der Waals surface area (Å²) in [5.41, 5.74) is -3.59. The van der Waals surface area contributed by atoms with E-state index in [0.717, 1.165) is 5.56 Å². The number of rotatable bonds is 4. The molecule has 7 nitrogen and oxygen atoms in total. The van der Waals surface area contributed by atoms with E-state index in [9.17, 15) is 31.1 Å². The third kappa shape index (κ3) is 6.70. The summed E-state index contributed by atoms with van der Waals surface area (Å²) in [5.74, 6) is -0.322. The molecule has 1 aromatic heterocycles. The van der Waals surface area contributed by atoms with Crippen molar-refractivity contribution in [2.24, 2.45) is 0 Å². The smallest absolute Gasteiger partial charge is 0.434 e. The number of carbonyl (C=O) groups is 1. The molecule has 0 radical (unpaired) electrons. The first-order valence-electron chi connectivity index (χ1n) is 11.0. The second kappa shape index (κ2) is 10.0. The Morgan fingerprint density at radius 1 is 1.06 bits per heavy atom. The number of ether oxygens (including phenoxy) is 2. The Labute approximate surface area is 203 Å². The quantitative estimate of drug-likeness (QED) is 0.472. The number of methoxy groups -OCH3 is 1. The average molecular weight is 520 g/mol. The molecular formula is C23H26F6N4O3. The maximum Gasteiger partial charge on any atom is 0.434 e. The molecule has 0 bridgehead atoms. The molecule has 0 aliphatic carbocycles. The van der Waals surface area contributed by atoms with Crippen molar-refractivity contribution in [1.82, 2.24) is 14.9 Å². The molecule has 1 amide bonds. The largest absolute Gasteiger partial charge is 0.495 e. The zero-order valence-corrected chi connectivity index (χ0v) is 20.0. The van der Waals surface area contributed by atoms with Crippen LogP contribution in [0.1, 0.15) is 56.4 Å². The Morgan fingerprint density at radius 2 is 1.69 bits per heavy atom. The molecule has 1 saturated heterocycles. The van der Waals surface area contributed by atoms with Gasteiger partial charge in [0.25, 0.3) is 0 Å². The van der Waals surface area contributed by atoms with Crippen LogP contribution in [0.3, 0.4) is 0 Å². The predicted octanol–water partition coefficient (Wildman–Crippen LogP) is 6.38. The lowest BCUT2D eigenvalue weighted by molar-refractivity contribution is -0.165. The summed E-state index contributed by atoms with van der Waals surface area (Å²) in [6.45, 7) is 6.35. The normalized spacial score (nSPS) is 15.6. The lowest BCUT2D eigenvalue weighted by atomic mass is 9.89. The number of anilines is 2. The minimum Gasteiger partial charge on any atom is -0.495 e. The zero-order valence-electron chi connectivity index (χ0n) is 20.0. The standard InChI is InChI=1S/C23H26F6N4O3/c1-21(2,3)36-20(34)33-9-7-13(8-10-33)14-5-6-16(17(11-14)35-4)31-19-30-12-15(22(24,25)26)18(32-19)23(27,28)29/h5-6,11-13H,7-10H2,1-4H3,(H,30,31,32). The molecule has 0 spiro atoms. The maximum absolute atomic E-state index is 13.2. The van der Waals surface area contributed by atoms with Crippen LogP contribution in [0.4, 0.5) is 42.8 Å². The van der Waals surface area contributed by atoms with Gasteiger partial charge in [-0.1, -0.05) is 6.07 Å². The van der Waals surface area contributed by atoms with Crippen molar-refractivity contribution in [2.45, 2.75) is 57.5 Å². The van der Waals surface area contributed by atoms with Crippen LogP contribution < -0.4 is 10.1 Å². The monoisotopic (exact) mass is 520 g/mol. The van der Waals surface area contributed by atoms with Gasteiger partial charge in [-0.05, 0) is 57.2 Å². The van der Waals surface area contributed by atoms with Crippen molar-refractivity contribution in [3.05, 3.63) is 41.2 Å². The van der Waals surface area contributed by atoms with Gasteiger partial charge in [-0.2, -0.15) is 26.3 Å². The molecule has 1 aliphatic rings. The van der Waals surface area contributed by atoms with Gasteiger partial charge in [0.2, 0.25) is 5.95 Å². The molecule has 1 fully saturated rings. The SMILES string of the molecule is COc1cc(C2CCN(C(=O)OC(C)(C)C)CC2)ccc1Nc1ncc(C(F)(F)F)c(C(F)(F)F)n1. The molecular weight excluding hydrogens is 494 g/mol. The number of likely N-dealkylation sites (tertiary alicyclic amines) is 1. The number of halogens is 6. The van der Waals surface area contributed by atoms with E-state index in [1.54, 1.807) is 37.8 Å². The number of nitrogens with zero attached hydrogens (tertiary/aromatic N) is 3. The van der Waals surface area contributed by atoms with Crippen LogP contribution in [0.15, 0.2) is 24.4 Å². The van der Waals surface area contributed by atoms with Gasteiger partial charge >= 0.3 is 18.4 Å². The number of benzene rings is 1. The number of carbonyl (C=O) groups excluding carboxylic acids is 1. The summed E-state index contributed by atoms with van der Waals surface area (Å²) in [5, 5.41) is 2.50. The second-order valence-corrected chi connectivity index (χ2v) is 9.28. The van der Waals surface area contributed by atoms with E-state index in [2.05, 4.69) is 15.3 Å². The zero-order chi connectivity index (χ0) is 26.9. The summed E-state index contributed by atoms with van der Waals surface area (Å²) in [4.78, 5) is 20.4. The van der Waals surface area contributed by atoms with E-state index in [0.29, 0.717) is 25.9 Å². The van der Waals surface area contributed by atoms with Crippen molar-refractivity contribution >= 4 is 17.7 Å². The molecule has 1 aliphatic heterocycles. The minimum atomic E-state index is -5.33. The molecule has 13 heteroatoms. The van der Waals surface area contributed by atoms with Gasteiger partial charge in [-0.3, -0.25) is 0 Å². The molecule has 0 unspecified atom stereocenters. The van der Waals surface area contributed by atoms with Crippen molar-refractivity contribution < 1.29 is 40.6 Å². The molecule has 0 atom stereocenters. The van der Waals surface area contributed by atoms with E-state index >= 15 is 0 Å². The van der Waals surface area contributed by atoms with Crippen LogP contribution >= 0.6 is 0 Å². The fourth-order valence-corrected chi connectivity index (χ4v) is 3.77. The molecule has 1 N–H and O–H groups in total. The molecule has 0 saturated carbocycles. The Hall–Kier alpha value is -3.25. The van der Waals surface area contributed by atoms with Gasteiger partial charge < -0.3 is 19.7 Å².